The van der Waals surface area contributed by atoms with Crippen molar-refractivity contribution in [2.24, 2.45) is 5.73 Å². The molecule has 2 rings (SSSR count). The van der Waals surface area contributed by atoms with Crippen molar-refractivity contribution >= 4 is 0 Å². The SMILES string of the molecule is C=CCC[C@@H](N)c1ccc(Oc2ccccc2)cc1. The van der Waals surface area contributed by atoms with Crippen molar-refractivity contribution in [3.05, 3.63) is 72.8 Å². The molecular formula is C17H19NO. The molecule has 0 aliphatic carbocycles. The first kappa shape index (κ1) is 13.4. The third-order valence-electron chi connectivity index (χ3n) is 2.97. The smallest absolute Gasteiger partial charge is 0.127 e. The summed E-state index contributed by atoms with van der Waals surface area (Å²) >= 11 is 0. The van der Waals surface area contributed by atoms with E-state index in [9.17, 15) is 0 Å². The Kier molecular flexibility index (Phi) is 4.76. The van der Waals surface area contributed by atoms with Crippen molar-refractivity contribution in [1.82, 2.24) is 0 Å². The molecule has 0 unspecified atom stereocenters. The van der Waals surface area contributed by atoms with E-state index >= 15 is 0 Å². The summed E-state index contributed by atoms with van der Waals surface area (Å²) in [6.07, 6.45) is 3.75. The van der Waals surface area contributed by atoms with Crippen LogP contribution in [-0.4, -0.2) is 0 Å². The van der Waals surface area contributed by atoms with E-state index in [1.54, 1.807) is 0 Å². The minimum absolute atomic E-state index is 0.0591. The normalized spacial score (nSPS) is 11.8. The van der Waals surface area contributed by atoms with Crippen molar-refractivity contribution < 1.29 is 4.74 Å². The van der Waals surface area contributed by atoms with Crippen LogP contribution in [-0.2, 0) is 0 Å². The largest absolute Gasteiger partial charge is 0.457 e. The summed E-state index contributed by atoms with van der Waals surface area (Å²) in [5.74, 6) is 1.66. The van der Waals surface area contributed by atoms with Crippen molar-refractivity contribution in [3.8, 4) is 11.5 Å². The maximum atomic E-state index is 6.10. The number of para-hydroxylation sites is 1. The molecule has 0 aliphatic heterocycles. The van der Waals surface area contributed by atoms with Crippen LogP contribution in [0.15, 0.2) is 67.3 Å². The van der Waals surface area contributed by atoms with Crippen LogP contribution in [0.2, 0.25) is 0 Å². The Morgan fingerprint density at radius 3 is 2.26 bits per heavy atom. The van der Waals surface area contributed by atoms with Crippen LogP contribution >= 0.6 is 0 Å². The van der Waals surface area contributed by atoms with Crippen LogP contribution in [0.1, 0.15) is 24.4 Å². The van der Waals surface area contributed by atoms with Gasteiger partial charge >= 0.3 is 0 Å². The van der Waals surface area contributed by atoms with E-state index in [1.807, 2.05) is 60.7 Å². The van der Waals surface area contributed by atoms with Crippen LogP contribution in [0, 0.1) is 0 Å². The highest BCUT2D eigenvalue weighted by molar-refractivity contribution is 5.33. The van der Waals surface area contributed by atoms with Gasteiger partial charge in [-0.25, -0.2) is 0 Å². The molecule has 2 aromatic carbocycles. The molecule has 0 bridgehead atoms. The number of rotatable bonds is 6. The second-order valence-corrected chi connectivity index (χ2v) is 4.46. The fourth-order valence-electron chi connectivity index (χ4n) is 1.87. The summed E-state index contributed by atoms with van der Waals surface area (Å²) in [7, 11) is 0. The Labute approximate surface area is 114 Å². The highest BCUT2D eigenvalue weighted by Crippen LogP contribution is 2.23. The average Bonchev–Trinajstić information content (AvgIpc) is 2.46. The second-order valence-electron chi connectivity index (χ2n) is 4.46. The highest BCUT2D eigenvalue weighted by atomic mass is 16.5. The van der Waals surface area contributed by atoms with E-state index in [0.717, 1.165) is 29.9 Å². The van der Waals surface area contributed by atoms with Gasteiger partial charge in [0.1, 0.15) is 11.5 Å². The number of hydrogen-bond acceptors (Lipinski definition) is 2. The summed E-state index contributed by atoms with van der Waals surface area (Å²) in [5, 5.41) is 0. The molecule has 2 aromatic rings. The lowest BCUT2D eigenvalue weighted by atomic mass is 10.0. The number of allylic oxidation sites excluding steroid dienone is 1. The first-order valence-electron chi connectivity index (χ1n) is 6.49. The summed E-state index contributed by atoms with van der Waals surface area (Å²) < 4.78 is 5.74. The minimum Gasteiger partial charge on any atom is -0.457 e. The molecule has 0 aliphatic rings. The second kappa shape index (κ2) is 6.76. The standard InChI is InChI=1S/C17H19NO/c1-2-3-9-17(18)14-10-12-16(13-11-14)19-15-7-5-4-6-8-15/h2,4-8,10-13,17H,1,3,9,18H2/t17-/m1/s1. The zero-order valence-electron chi connectivity index (χ0n) is 11.0. The first-order valence-corrected chi connectivity index (χ1v) is 6.49. The molecule has 0 amide bonds. The third-order valence-corrected chi connectivity index (χ3v) is 2.97. The maximum absolute atomic E-state index is 6.10. The van der Waals surface area contributed by atoms with Gasteiger partial charge in [-0.1, -0.05) is 36.4 Å². The van der Waals surface area contributed by atoms with E-state index in [0.29, 0.717) is 0 Å². The highest BCUT2D eigenvalue weighted by Gasteiger charge is 2.05. The van der Waals surface area contributed by atoms with Gasteiger partial charge in [-0.3, -0.25) is 0 Å². The molecular weight excluding hydrogens is 234 g/mol. The van der Waals surface area contributed by atoms with Gasteiger partial charge in [0.2, 0.25) is 0 Å². The number of benzene rings is 2. The quantitative estimate of drug-likeness (QED) is 0.772. The number of nitrogens with two attached hydrogens (primary N) is 1. The van der Waals surface area contributed by atoms with Gasteiger partial charge in [0.25, 0.3) is 0 Å². The van der Waals surface area contributed by atoms with Gasteiger partial charge in [-0.05, 0) is 42.7 Å². The van der Waals surface area contributed by atoms with Crippen molar-refractivity contribution in [1.29, 1.82) is 0 Å². The monoisotopic (exact) mass is 253 g/mol. The number of hydrogen-bond donors (Lipinski definition) is 1. The molecule has 98 valence electrons. The van der Waals surface area contributed by atoms with Crippen molar-refractivity contribution in [2.45, 2.75) is 18.9 Å². The van der Waals surface area contributed by atoms with Crippen LogP contribution in [0.25, 0.3) is 0 Å². The van der Waals surface area contributed by atoms with E-state index in [2.05, 4.69) is 6.58 Å². The van der Waals surface area contributed by atoms with Gasteiger partial charge in [0.15, 0.2) is 0 Å². The zero-order chi connectivity index (χ0) is 13.5. The third kappa shape index (κ3) is 3.97. The fraction of sp³-hybridized carbons (Fsp3) is 0.176. The Balaban J connectivity index is 2.00. The van der Waals surface area contributed by atoms with E-state index in [1.165, 1.54) is 0 Å². The molecule has 0 fully saturated rings. The van der Waals surface area contributed by atoms with Crippen LogP contribution in [0.3, 0.4) is 0 Å². The Morgan fingerprint density at radius 1 is 1.00 bits per heavy atom. The molecule has 19 heavy (non-hydrogen) atoms. The van der Waals surface area contributed by atoms with Crippen LogP contribution in [0.5, 0.6) is 11.5 Å². The summed E-state index contributed by atoms with van der Waals surface area (Å²) in [5.41, 5.74) is 7.22. The lowest BCUT2D eigenvalue weighted by molar-refractivity contribution is 0.482. The predicted molar refractivity (Wildman–Crippen MR) is 79.3 cm³/mol. The molecule has 2 N–H and O–H groups in total. The zero-order valence-corrected chi connectivity index (χ0v) is 11.0. The van der Waals surface area contributed by atoms with Crippen molar-refractivity contribution in [2.75, 3.05) is 0 Å². The first-order chi connectivity index (χ1) is 9.29. The van der Waals surface area contributed by atoms with Gasteiger partial charge in [0.05, 0.1) is 0 Å². The van der Waals surface area contributed by atoms with Gasteiger partial charge < -0.3 is 10.5 Å². The van der Waals surface area contributed by atoms with E-state index in [4.69, 9.17) is 10.5 Å². The Bertz CT molecular complexity index is 505. The molecule has 0 spiro atoms. The molecule has 0 aromatic heterocycles. The van der Waals surface area contributed by atoms with Gasteiger partial charge in [-0.2, -0.15) is 0 Å². The molecule has 0 heterocycles. The molecule has 2 nitrogen and oxygen atoms in total. The van der Waals surface area contributed by atoms with Crippen molar-refractivity contribution in [3.63, 3.8) is 0 Å². The minimum atomic E-state index is 0.0591. The van der Waals surface area contributed by atoms with Gasteiger partial charge in [-0.15, -0.1) is 6.58 Å². The van der Waals surface area contributed by atoms with E-state index < -0.39 is 0 Å². The summed E-state index contributed by atoms with van der Waals surface area (Å²) in [6.45, 7) is 3.71. The molecule has 1 atom stereocenters. The lowest BCUT2D eigenvalue weighted by Crippen LogP contribution is -2.09. The number of ether oxygens (including phenoxy) is 1. The molecule has 0 saturated carbocycles. The molecule has 0 saturated heterocycles. The predicted octanol–water partition coefficient (Wildman–Crippen LogP) is 4.44. The lowest BCUT2D eigenvalue weighted by Gasteiger charge is -2.12. The van der Waals surface area contributed by atoms with Crippen LogP contribution < -0.4 is 10.5 Å². The van der Waals surface area contributed by atoms with Crippen LogP contribution in [0.4, 0.5) is 0 Å². The van der Waals surface area contributed by atoms with E-state index in [-0.39, 0.29) is 6.04 Å². The topological polar surface area (TPSA) is 35.2 Å². The van der Waals surface area contributed by atoms with Gasteiger partial charge in [0, 0.05) is 6.04 Å². The summed E-state index contributed by atoms with van der Waals surface area (Å²) in [4.78, 5) is 0. The Hall–Kier alpha value is -2.06. The fourth-order valence-corrected chi connectivity index (χ4v) is 1.87. The average molecular weight is 253 g/mol. The molecule has 0 radical (unpaired) electrons. The summed E-state index contributed by atoms with van der Waals surface area (Å²) in [6, 6.07) is 17.7. The Morgan fingerprint density at radius 2 is 1.63 bits per heavy atom. The molecule has 2 heteroatoms. The maximum Gasteiger partial charge on any atom is 0.127 e.